The van der Waals surface area contributed by atoms with Crippen molar-refractivity contribution < 1.29 is 4.79 Å². The van der Waals surface area contributed by atoms with Crippen molar-refractivity contribution in [3.8, 4) is 0 Å². The fraction of sp³-hybridized carbons (Fsp3) is 0.900. The van der Waals surface area contributed by atoms with Crippen LogP contribution < -0.4 is 0 Å². The molecule has 0 bridgehead atoms. The molecule has 1 heterocycles. The van der Waals surface area contributed by atoms with Gasteiger partial charge in [-0.3, -0.25) is 9.69 Å². The van der Waals surface area contributed by atoms with E-state index in [0.717, 1.165) is 19.0 Å². The molecule has 0 spiro atoms. The van der Waals surface area contributed by atoms with Crippen molar-refractivity contribution in [1.29, 1.82) is 0 Å². The van der Waals surface area contributed by atoms with E-state index < -0.39 is 0 Å². The van der Waals surface area contributed by atoms with Gasteiger partial charge in [0, 0.05) is 31.0 Å². The highest BCUT2D eigenvalue weighted by Crippen LogP contribution is 2.33. The Hall–Kier alpha value is -0.370. The summed E-state index contributed by atoms with van der Waals surface area (Å²) in [4.78, 5) is 13.9. The van der Waals surface area contributed by atoms with Crippen molar-refractivity contribution in [3.05, 3.63) is 0 Å². The van der Waals surface area contributed by atoms with Crippen molar-refractivity contribution in [2.45, 2.75) is 45.2 Å². The average molecular weight is 167 g/mol. The lowest BCUT2D eigenvalue weighted by atomic mass is 9.90. The molecular weight excluding hydrogens is 150 g/mol. The van der Waals surface area contributed by atoms with Crippen molar-refractivity contribution in [1.82, 2.24) is 4.90 Å². The lowest BCUT2D eigenvalue weighted by Crippen LogP contribution is -2.47. The third kappa shape index (κ3) is 1.28. The number of Topliss-reactive ketones (excluding diaryl/α,β-unsaturated/α-hetero) is 1. The number of rotatable bonds is 1. The van der Waals surface area contributed by atoms with E-state index in [1.54, 1.807) is 0 Å². The topological polar surface area (TPSA) is 20.3 Å². The number of hydrogen-bond acceptors (Lipinski definition) is 2. The Bertz CT molecular complexity index is 198. The third-order valence-electron chi connectivity index (χ3n) is 3.39. The van der Waals surface area contributed by atoms with Crippen LogP contribution in [0.4, 0.5) is 0 Å². The number of piperidine rings is 1. The van der Waals surface area contributed by atoms with Crippen LogP contribution in [0.25, 0.3) is 0 Å². The van der Waals surface area contributed by atoms with E-state index in [2.05, 4.69) is 18.7 Å². The SMILES string of the molecule is CC1C(=O)CCN(C2CC2)C1C. The van der Waals surface area contributed by atoms with Crippen LogP contribution >= 0.6 is 0 Å². The normalized spacial score (nSPS) is 38.7. The summed E-state index contributed by atoms with van der Waals surface area (Å²) in [5, 5.41) is 0. The molecule has 1 aliphatic carbocycles. The Morgan fingerprint density at radius 2 is 2.00 bits per heavy atom. The largest absolute Gasteiger partial charge is 0.299 e. The van der Waals surface area contributed by atoms with Crippen LogP contribution in [0.2, 0.25) is 0 Å². The van der Waals surface area contributed by atoms with Crippen LogP contribution in [0.1, 0.15) is 33.1 Å². The number of hydrogen-bond donors (Lipinski definition) is 0. The molecule has 0 amide bonds. The Morgan fingerprint density at radius 3 is 2.58 bits per heavy atom. The van der Waals surface area contributed by atoms with E-state index in [9.17, 15) is 4.79 Å². The van der Waals surface area contributed by atoms with Crippen LogP contribution in [0.5, 0.6) is 0 Å². The minimum atomic E-state index is 0.263. The Kier molecular flexibility index (Phi) is 1.95. The van der Waals surface area contributed by atoms with Gasteiger partial charge in [0.25, 0.3) is 0 Å². The fourth-order valence-corrected chi connectivity index (χ4v) is 2.15. The number of carbonyl (C=O) groups is 1. The van der Waals surface area contributed by atoms with Crippen molar-refractivity contribution in [2.24, 2.45) is 5.92 Å². The zero-order valence-corrected chi connectivity index (χ0v) is 7.92. The first-order chi connectivity index (χ1) is 5.70. The fourth-order valence-electron chi connectivity index (χ4n) is 2.15. The van der Waals surface area contributed by atoms with Gasteiger partial charge < -0.3 is 0 Å². The number of likely N-dealkylation sites (tertiary alicyclic amines) is 1. The molecule has 0 aromatic rings. The second kappa shape index (κ2) is 2.84. The summed E-state index contributed by atoms with van der Waals surface area (Å²) < 4.78 is 0. The second-order valence-corrected chi connectivity index (χ2v) is 4.21. The lowest BCUT2D eigenvalue weighted by Gasteiger charge is -2.37. The molecule has 2 unspecified atom stereocenters. The summed E-state index contributed by atoms with van der Waals surface area (Å²) in [6.45, 7) is 5.27. The van der Waals surface area contributed by atoms with E-state index in [-0.39, 0.29) is 5.92 Å². The van der Waals surface area contributed by atoms with Crippen LogP contribution in [0.15, 0.2) is 0 Å². The van der Waals surface area contributed by atoms with E-state index >= 15 is 0 Å². The molecule has 2 fully saturated rings. The van der Waals surface area contributed by atoms with Crippen LogP contribution in [-0.4, -0.2) is 29.3 Å². The van der Waals surface area contributed by atoms with E-state index in [1.807, 2.05) is 0 Å². The standard InChI is InChI=1S/C10H17NO/c1-7-8(2)11(9-3-4-9)6-5-10(7)12/h7-9H,3-6H2,1-2H3. The van der Waals surface area contributed by atoms with Gasteiger partial charge in [0.15, 0.2) is 0 Å². The summed E-state index contributed by atoms with van der Waals surface area (Å²) in [6.07, 6.45) is 3.48. The van der Waals surface area contributed by atoms with Crippen LogP contribution in [0, 0.1) is 5.92 Å². The highest BCUT2D eigenvalue weighted by Gasteiger charge is 2.38. The predicted molar refractivity (Wildman–Crippen MR) is 48.0 cm³/mol. The summed E-state index contributed by atoms with van der Waals surface area (Å²) >= 11 is 0. The molecule has 2 heteroatoms. The molecule has 0 aromatic heterocycles. The lowest BCUT2D eigenvalue weighted by molar-refractivity contribution is -0.128. The van der Waals surface area contributed by atoms with E-state index in [4.69, 9.17) is 0 Å². The molecule has 2 aliphatic rings. The highest BCUT2D eigenvalue weighted by molar-refractivity contribution is 5.82. The minimum absolute atomic E-state index is 0.263. The van der Waals surface area contributed by atoms with Crippen LogP contribution in [0.3, 0.4) is 0 Å². The molecular formula is C10H17NO. The van der Waals surface area contributed by atoms with Gasteiger partial charge in [-0.05, 0) is 19.8 Å². The van der Waals surface area contributed by atoms with E-state index in [0.29, 0.717) is 11.8 Å². The first-order valence-corrected chi connectivity index (χ1v) is 4.98. The van der Waals surface area contributed by atoms with Gasteiger partial charge in [-0.25, -0.2) is 0 Å². The van der Waals surface area contributed by atoms with Gasteiger partial charge in [0.1, 0.15) is 5.78 Å². The summed E-state index contributed by atoms with van der Waals surface area (Å²) in [7, 11) is 0. The predicted octanol–water partition coefficient (Wildman–Crippen LogP) is 1.45. The zero-order chi connectivity index (χ0) is 8.72. The monoisotopic (exact) mass is 167 g/mol. The molecule has 1 saturated heterocycles. The first kappa shape index (κ1) is 8.24. The summed E-state index contributed by atoms with van der Waals surface area (Å²) in [5.41, 5.74) is 0. The summed E-state index contributed by atoms with van der Waals surface area (Å²) in [5.74, 6) is 0.721. The Labute approximate surface area is 73.9 Å². The second-order valence-electron chi connectivity index (χ2n) is 4.21. The maximum absolute atomic E-state index is 11.4. The molecule has 0 radical (unpaired) electrons. The number of nitrogens with zero attached hydrogens (tertiary/aromatic N) is 1. The molecule has 2 rings (SSSR count). The van der Waals surface area contributed by atoms with Crippen molar-refractivity contribution in [2.75, 3.05) is 6.54 Å². The quantitative estimate of drug-likeness (QED) is 0.589. The molecule has 1 aliphatic heterocycles. The molecule has 1 saturated carbocycles. The van der Waals surface area contributed by atoms with Crippen molar-refractivity contribution >= 4 is 5.78 Å². The minimum Gasteiger partial charge on any atom is -0.299 e. The molecule has 0 aromatic carbocycles. The van der Waals surface area contributed by atoms with Gasteiger partial charge in [0.2, 0.25) is 0 Å². The Balaban J connectivity index is 2.03. The van der Waals surface area contributed by atoms with E-state index in [1.165, 1.54) is 12.8 Å². The molecule has 68 valence electrons. The maximum Gasteiger partial charge on any atom is 0.138 e. The molecule has 2 nitrogen and oxygen atoms in total. The highest BCUT2D eigenvalue weighted by atomic mass is 16.1. The van der Waals surface area contributed by atoms with Crippen LogP contribution in [-0.2, 0) is 4.79 Å². The van der Waals surface area contributed by atoms with Crippen molar-refractivity contribution in [3.63, 3.8) is 0 Å². The van der Waals surface area contributed by atoms with Gasteiger partial charge in [-0.15, -0.1) is 0 Å². The smallest absolute Gasteiger partial charge is 0.138 e. The van der Waals surface area contributed by atoms with Gasteiger partial charge in [-0.2, -0.15) is 0 Å². The molecule has 0 N–H and O–H groups in total. The van der Waals surface area contributed by atoms with Gasteiger partial charge >= 0.3 is 0 Å². The number of carbonyl (C=O) groups excluding carboxylic acids is 1. The number of ketones is 1. The Morgan fingerprint density at radius 1 is 1.33 bits per heavy atom. The maximum atomic E-state index is 11.4. The molecule has 2 atom stereocenters. The van der Waals surface area contributed by atoms with Gasteiger partial charge in [-0.1, -0.05) is 6.92 Å². The summed E-state index contributed by atoms with van der Waals surface area (Å²) in [6, 6.07) is 1.30. The third-order valence-corrected chi connectivity index (χ3v) is 3.39. The average Bonchev–Trinajstić information content (AvgIpc) is 2.84. The van der Waals surface area contributed by atoms with Gasteiger partial charge in [0.05, 0.1) is 0 Å². The molecule has 12 heavy (non-hydrogen) atoms. The first-order valence-electron chi connectivity index (χ1n) is 4.98. The zero-order valence-electron chi connectivity index (χ0n) is 7.92.